The van der Waals surface area contributed by atoms with Gasteiger partial charge in [-0.3, -0.25) is 14.5 Å². The summed E-state index contributed by atoms with van der Waals surface area (Å²) in [5, 5.41) is 5.14. The van der Waals surface area contributed by atoms with E-state index in [4.69, 9.17) is 9.47 Å². The van der Waals surface area contributed by atoms with Gasteiger partial charge >= 0.3 is 11.8 Å². The van der Waals surface area contributed by atoms with Crippen LogP contribution in [-0.4, -0.2) is 94.8 Å². The molecule has 1 atom stereocenters. The molecule has 0 aromatic heterocycles. The van der Waals surface area contributed by atoms with E-state index in [2.05, 4.69) is 15.5 Å². The number of carbonyl (C=O) groups excluding carboxylic acids is 2. The molecule has 2 aliphatic heterocycles. The average molecular weight is 497 g/mol. The van der Waals surface area contributed by atoms with Gasteiger partial charge in [0.05, 0.1) is 31.3 Å². The first-order chi connectivity index (χ1) is 16.2. The van der Waals surface area contributed by atoms with Crippen molar-refractivity contribution in [1.82, 2.24) is 19.8 Å². The summed E-state index contributed by atoms with van der Waals surface area (Å²) in [6.45, 7) is 10.4. The first-order valence-electron chi connectivity index (χ1n) is 11.8. The lowest BCUT2D eigenvalue weighted by molar-refractivity contribution is -0.140. The van der Waals surface area contributed by atoms with Gasteiger partial charge in [-0.05, 0) is 51.3 Å². The topological polar surface area (TPSA) is 117 Å². The van der Waals surface area contributed by atoms with Crippen LogP contribution < -0.4 is 10.6 Å². The van der Waals surface area contributed by atoms with Crippen molar-refractivity contribution >= 4 is 21.8 Å². The number of rotatable bonds is 8. The molecule has 1 unspecified atom stereocenters. The number of sulfonamides is 1. The van der Waals surface area contributed by atoms with E-state index in [0.717, 1.165) is 31.6 Å². The molecule has 1 aromatic carbocycles. The zero-order valence-corrected chi connectivity index (χ0v) is 21.1. The van der Waals surface area contributed by atoms with Gasteiger partial charge in [0.25, 0.3) is 0 Å². The van der Waals surface area contributed by atoms with Gasteiger partial charge < -0.3 is 20.1 Å². The van der Waals surface area contributed by atoms with Crippen molar-refractivity contribution in [2.75, 3.05) is 59.1 Å². The van der Waals surface area contributed by atoms with Gasteiger partial charge in [-0.25, -0.2) is 8.42 Å². The Kier molecular flexibility index (Phi) is 9.43. The SMILES string of the molecule is Cc1cc(C)c(S(=O)(=O)N2CCCOC2CNC(=O)C(=O)NCCCN2CCOCC2)c(C)c1. The molecule has 1 aromatic rings. The van der Waals surface area contributed by atoms with E-state index < -0.39 is 28.1 Å². The van der Waals surface area contributed by atoms with Crippen molar-refractivity contribution in [3.05, 3.63) is 28.8 Å². The fourth-order valence-electron chi connectivity index (χ4n) is 4.46. The summed E-state index contributed by atoms with van der Waals surface area (Å²) < 4.78 is 39.2. The molecule has 0 spiro atoms. The molecule has 0 bridgehead atoms. The largest absolute Gasteiger partial charge is 0.379 e. The number of nitrogens with one attached hydrogen (secondary N) is 2. The van der Waals surface area contributed by atoms with Crippen LogP contribution in [0.25, 0.3) is 0 Å². The van der Waals surface area contributed by atoms with Gasteiger partial charge in [0.2, 0.25) is 10.0 Å². The summed E-state index contributed by atoms with van der Waals surface area (Å²) in [5.41, 5.74) is 2.33. The van der Waals surface area contributed by atoms with Gasteiger partial charge in [-0.15, -0.1) is 0 Å². The maximum absolute atomic E-state index is 13.5. The lowest BCUT2D eigenvalue weighted by Gasteiger charge is -2.35. The van der Waals surface area contributed by atoms with Crippen molar-refractivity contribution in [2.45, 2.75) is 44.7 Å². The highest BCUT2D eigenvalue weighted by Gasteiger charge is 2.36. The van der Waals surface area contributed by atoms with E-state index in [1.807, 2.05) is 19.1 Å². The number of carbonyl (C=O) groups is 2. The van der Waals surface area contributed by atoms with Gasteiger partial charge in [0.15, 0.2) is 0 Å². The standard InChI is InChI=1S/C23H36N4O6S/c1-17-14-18(2)21(19(3)15-17)34(30,31)27-8-5-11-33-20(27)16-25-23(29)22(28)24-6-4-7-26-9-12-32-13-10-26/h14-15,20H,4-13,16H2,1-3H3,(H,24,28)(H,25,29). The summed E-state index contributed by atoms with van der Waals surface area (Å²) in [5.74, 6) is -1.54. The molecule has 34 heavy (non-hydrogen) atoms. The summed E-state index contributed by atoms with van der Waals surface area (Å²) in [7, 11) is -3.84. The van der Waals surface area contributed by atoms with Gasteiger partial charge in [0.1, 0.15) is 6.23 Å². The molecule has 11 heteroatoms. The number of morpholine rings is 1. The first kappa shape index (κ1) is 26.6. The Morgan fingerprint density at radius 3 is 2.32 bits per heavy atom. The third-order valence-corrected chi connectivity index (χ3v) is 8.20. The molecule has 2 aliphatic rings. The van der Waals surface area contributed by atoms with Gasteiger partial charge in [-0.1, -0.05) is 17.7 Å². The average Bonchev–Trinajstić information content (AvgIpc) is 2.80. The molecule has 2 N–H and O–H groups in total. The molecular formula is C23H36N4O6S. The predicted octanol–water partition coefficient (Wildman–Crippen LogP) is 0.304. The lowest BCUT2D eigenvalue weighted by atomic mass is 10.1. The molecule has 10 nitrogen and oxygen atoms in total. The molecular weight excluding hydrogens is 460 g/mol. The summed E-state index contributed by atoms with van der Waals surface area (Å²) >= 11 is 0. The predicted molar refractivity (Wildman–Crippen MR) is 127 cm³/mol. The minimum atomic E-state index is -3.84. The second-order valence-corrected chi connectivity index (χ2v) is 10.6. The van der Waals surface area contributed by atoms with E-state index in [-0.39, 0.29) is 18.0 Å². The number of ether oxygens (including phenoxy) is 2. The van der Waals surface area contributed by atoms with E-state index in [9.17, 15) is 18.0 Å². The highest BCUT2D eigenvalue weighted by Crippen LogP contribution is 2.28. The van der Waals surface area contributed by atoms with Crippen LogP contribution in [0.5, 0.6) is 0 Å². The molecule has 2 amide bonds. The Morgan fingerprint density at radius 1 is 1.00 bits per heavy atom. The highest BCUT2D eigenvalue weighted by molar-refractivity contribution is 7.89. The van der Waals surface area contributed by atoms with Crippen LogP contribution in [0, 0.1) is 20.8 Å². The second kappa shape index (κ2) is 12.1. The summed E-state index contributed by atoms with van der Waals surface area (Å²) in [6.07, 6.45) is 0.403. The Balaban J connectivity index is 1.53. The number of nitrogens with zero attached hydrogens (tertiary/aromatic N) is 2. The number of hydrogen-bond donors (Lipinski definition) is 2. The summed E-state index contributed by atoms with van der Waals surface area (Å²) in [6, 6.07) is 3.68. The van der Waals surface area contributed by atoms with E-state index >= 15 is 0 Å². The van der Waals surface area contributed by atoms with Crippen molar-refractivity contribution in [2.24, 2.45) is 0 Å². The third-order valence-electron chi connectivity index (χ3n) is 6.01. The fourth-order valence-corrected chi connectivity index (χ4v) is 6.44. The maximum Gasteiger partial charge on any atom is 0.309 e. The Bertz CT molecular complexity index is 955. The van der Waals surface area contributed by atoms with Crippen molar-refractivity contribution in [3.8, 4) is 0 Å². The molecule has 2 saturated heterocycles. The molecule has 2 heterocycles. The van der Waals surface area contributed by atoms with E-state index in [1.54, 1.807) is 13.8 Å². The summed E-state index contributed by atoms with van der Waals surface area (Å²) in [4.78, 5) is 27.0. The Labute approximate surface area is 202 Å². The lowest BCUT2D eigenvalue weighted by Crippen LogP contribution is -2.53. The second-order valence-electron chi connectivity index (χ2n) is 8.80. The van der Waals surface area contributed by atoms with Gasteiger partial charge in [0, 0.05) is 26.2 Å². The van der Waals surface area contributed by atoms with Crippen LogP contribution in [0.1, 0.15) is 29.5 Å². The minimum absolute atomic E-state index is 0.108. The van der Waals surface area contributed by atoms with Gasteiger partial charge in [-0.2, -0.15) is 4.31 Å². The smallest absolute Gasteiger partial charge is 0.309 e. The monoisotopic (exact) mass is 496 g/mol. The molecule has 0 aliphatic carbocycles. The molecule has 190 valence electrons. The normalized spacial score (nSPS) is 20.1. The molecule has 2 fully saturated rings. The minimum Gasteiger partial charge on any atom is -0.379 e. The Morgan fingerprint density at radius 2 is 1.65 bits per heavy atom. The molecule has 0 saturated carbocycles. The maximum atomic E-state index is 13.5. The van der Waals surface area contributed by atoms with Crippen LogP contribution in [0.15, 0.2) is 17.0 Å². The van der Waals surface area contributed by atoms with Crippen molar-refractivity contribution < 1.29 is 27.5 Å². The molecule has 0 radical (unpaired) electrons. The zero-order valence-electron chi connectivity index (χ0n) is 20.3. The van der Waals surface area contributed by atoms with Crippen LogP contribution in [0.2, 0.25) is 0 Å². The van der Waals surface area contributed by atoms with Crippen molar-refractivity contribution in [3.63, 3.8) is 0 Å². The number of hydrogen-bond acceptors (Lipinski definition) is 7. The fraction of sp³-hybridized carbons (Fsp3) is 0.652. The number of benzene rings is 1. The quantitative estimate of drug-likeness (QED) is 0.393. The zero-order chi connectivity index (χ0) is 24.7. The van der Waals surface area contributed by atoms with E-state index in [1.165, 1.54) is 4.31 Å². The van der Waals surface area contributed by atoms with Crippen LogP contribution in [0.3, 0.4) is 0 Å². The van der Waals surface area contributed by atoms with Crippen LogP contribution in [-0.2, 0) is 29.1 Å². The highest BCUT2D eigenvalue weighted by atomic mass is 32.2. The first-order valence-corrected chi connectivity index (χ1v) is 13.2. The number of amides is 2. The van der Waals surface area contributed by atoms with Crippen LogP contribution in [0.4, 0.5) is 0 Å². The van der Waals surface area contributed by atoms with Crippen LogP contribution >= 0.6 is 0 Å². The third kappa shape index (κ3) is 6.76. The molecule has 3 rings (SSSR count). The van der Waals surface area contributed by atoms with Crippen molar-refractivity contribution in [1.29, 1.82) is 0 Å². The number of aryl methyl sites for hydroxylation is 3. The Hall–Kier alpha value is -2.05. The van der Waals surface area contributed by atoms with E-state index in [0.29, 0.717) is 43.9 Å².